The molecule has 2 aliphatic carbocycles. The summed E-state index contributed by atoms with van der Waals surface area (Å²) in [5.74, 6) is 0.808. The summed E-state index contributed by atoms with van der Waals surface area (Å²) in [5, 5.41) is 3.34. The van der Waals surface area contributed by atoms with Crippen molar-refractivity contribution in [3.05, 3.63) is 101 Å². The summed E-state index contributed by atoms with van der Waals surface area (Å²) in [7, 11) is 0. The molecule has 3 aliphatic rings. The molecule has 2 fully saturated rings. The van der Waals surface area contributed by atoms with Crippen molar-refractivity contribution in [2.24, 2.45) is 29.1 Å². The molecule has 0 radical (unpaired) electrons. The van der Waals surface area contributed by atoms with E-state index in [2.05, 4.69) is 89.4 Å². The van der Waals surface area contributed by atoms with Gasteiger partial charge in [0.05, 0.1) is 0 Å². The van der Waals surface area contributed by atoms with E-state index in [4.69, 9.17) is 0 Å². The second-order valence-electron chi connectivity index (χ2n) is 13.5. The average molecular weight is 629 g/mol. The van der Waals surface area contributed by atoms with Gasteiger partial charge in [-0.25, -0.2) is 0 Å². The molecule has 1 unspecified atom stereocenters. The number of carbonyl (C=O) groups excluding carboxylic acids is 2. The molecule has 1 saturated carbocycles. The first-order valence-electron chi connectivity index (χ1n) is 15.7. The van der Waals surface area contributed by atoms with Crippen LogP contribution in [0.25, 0.3) is 0 Å². The van der Waals surface area contributed by atoms with Gasteiger partial charge in [0.15, 0.2) is 0 Å². The van der Waals surface area contributed by atoms with E-state index in [1.807, 2.05) is 36.4 Å². The van der Waals surface area contributed by atoms with Gasteiger partial charge >= 0.3 is 260 Å². The van der Waals surface area contributed by atoms with Crippen molar-refractivity contribution in [3.8, 4) is 0 Å². The van der Waals surface area contributed by atoms with Crippen LogP contribution in [-0.4, -0.2) is 32.7 Å². The second kappa shape index (κ2) is 12.5. The Balaban J connectivity index is 1.61. The van der Waals surface area contributed by atoms with E-state index >= 15 is 4.79 Å². The molecular formula is C38H47NO2Se. The van der Waals surface area contributed by atoms with Crippen LogP contribution in [-0.2, 0) is 16.0 Å². The van der Waals surface area contributed by atoms with Crippen molar-refractivity contribution in [1.29, 1.82) is 0 Å². The Hall–Kier alpha value is -2.68. The normalized spacial score (nSPS) is 33.5. The van der Waals surface area contributed by atoms with Gasteiger partial charge in [-0.2, -0.15) is 0 Å². The molecule has 2 aromatic rings. The molecule has 1 aliphatic heterocycles. The third-order valence-electron chi connectivity index (χ3n) is 10.1. The maximum atomic E-state index is 15.5. The monoisotopic (exact) mass is 629 g/mol. The number of amides is 1. The molecule has 3 nitrogen and oxygen atoms in total. The second-order valence-corrected chi connectivity index (χ2v) is 16.4. The zero-order chi connectivity index (χ0) is 30.1. The Morgan fingerprint density at radius 1 is 1.02 bits per heavy atom. The third kappa shape index (κ3) is 6.03. The number of allylic oxidation sites excluding steroid dienone is 6. The van der Waals surface area contributed by atoms with Crippen molar-refractivity contribution in [2.75, 3.05) is 0 Å². The van der Waals surface area contributed by atoms with Crippen LogP contribution in [0.2, 0.25) is 4.31 Å². The molecule has 1 amide bonds. The van der Waals surface area contributed by atoms with Gasteiger partial charge in [0.25, 0.3) is 0 Å². The van der Waals surface area contributed by atoms with Crippen LogP contribution < -0.4 is 9.78 Å². The minimum absolute atomic E-state index is 0.0169. The first-order valence-corrected chi connectivity index (χ1v) is 17.4. The van der Waals surface area contributed by atoms with Crippen molar-refractivity contribution in [2.45, 2.75) is 84.0 Å². The van der Waals surface area contributed by atoms with Crippen molar-refractivity contribution < 1.29 is 9.59 Å². The molecule has 0 bridgehead atoms. The topological polar surface area (TPSA) is 46.2 Å². The molecule has 7 atom stereocenters. The third-order valence-corrected chi connectivity index (χ3v) is 13.1. The summed E-state index contributed by atoms with van der Waals surface area (Å²) in [5.41, 5.74) is 4.90. The Morgan fingerprint density at radius 2 is 1.69 bits per heavy atom. The van der Waals surface area contributed by atoms with Crippen LogP contribution in [0, 0.1) is 29.1 Å². The summed E-state index contributed by atoms with van der Waals surface area (Å²) >= 11 is -0.324. The van der Waals surface area contributed by atoms with Gasteiger partial charge in [-0.15, -0.1) is 0 Å². The van der Waals surface area contributed by atoms with E-state index in [1.165, 1.54) is 22.3 Å². The Labute approximate surface area is 259 Å². The van der Waals surface area contributed by atoms with Crippen molar-refractivity contribution in [3.63, 3.8) is 0 Å². The molecule has 1 heterocycles. The van der Waals surface area contributed by atoms with Crippen molar-refractivity contribution >= 4 is 31.1 Å². The van der Waals surface area contributed by atoms with Crippen molar-refractivity contribution in [1.82, 2.24) is 5.32 Å². The van der Waals surface area contributed by atoms with Gasteiger partial charge < -0.3 is 0 Å². The predicted octanol–water partition coefficient (Wildman–Crippen LogP) is 7.42. The zero-order valence-corrected chi connectivity index (χ0v) is 27.9. The molecule has 0 spiro atoms. The van der Waals surface area contributed by atoms with Crippen LogP contribution in [0.3, 0.4) is 0 Å². The molecule has 42 heavy (non-hydrogen) atoms. The molecule has 222 valence electrons. The van der Waals surface area contributed by atoms with Gasteiger partial charge in [0, 0.05) is 0 Å². The minimum atomic E-state index is -1.02. The molecule has 5 rings (SSSR count). The number of ketones is 1. The number of hydrogen-bond donors (Lipinski definition) is 1. The van der Waals surface area contributed by atoms with E-state index in [0.29, 0.717) is 12.3 Å². The molecule has 4 heteroatoms. The summed E-state index contributed by atoms with van der Waals surface area (Å²) in [6.07, 6.45) is 11.5. The number of hydrogen-bond acceptors (Lipinski definition) is 2. The van der Waals surface area contributed by atoms with E-state index in [-0.39, 0.29) is 55.9 Å². The van der Waals surface area contributed by atoms with Crippen LogP contribution in [0.15, 0.2) is 95.6 Å². The molecule has 0 aromatic heterocycles. The van der Waals surface area contributed by atoms with Gasteiger partial charge in [0.2, 0.25) is 0 Å². The van der Waals surface area contributed by atoms with Crippen LogP contribution in [0.1, 0.15) is 72.8 Å². The first kappa shape index (κ1) is 30.8. The number of Topliss-reactive ketones (excluding diaryl/α,β-unsaturated/α-hetero) is 1. The molecule has 1 N–H and O–H groups in total. The molecule has 2 aromatic carbocycles. The quantitative estimate of drug-likeness (QED) is 0.143. The number of carbonyl (C=O) groups is 2. The van der Waals surface area contributed by atoms with Gasteiger partial charge in [-0.3, -0.25) is 0 Å². The first-order chi connectivity index (χ1) is 20.1. The van der Waals surface area contributed by atoms with Crippen LogP contribution >= 0.6 is 0 Å². The zero-order valence-electron chi connectivity index (χ0n) is 26.2. The Morgan fingerprint density at radius 3 is 2.36 bits per heavy atom. The van der Waals surface area contributed by atoms with E-state index in [1.54, 1.807) is 0 Å². The van der Waals surface area contributed by atoms with E-state index < -0.39 is 4.31 Å². The number of nitrogens with one attached hydrogen (secondary N) is 1. The van der Waals surface area contributed by atoms with Crippen LogP contribution in [0.4, 0.5) is 0 Å². The average Bonchev–Trinajstić information content (AvgIpc) is 3.26. The van der Waals surface area contributed by atoms with Gasteiger partial charge in [0.1, 0.15) is 0 Å². The summed E-state index contributed by atoms with van der Waals surface area (Å²) in [4.78, 5) is 29.8. The summed E-state index contributed by atoms with van der Waals surface area (Å²) in [6, 6.07) is 20.6. The van der Waals surface area contributed by atoms with Gasteiger partial charge in [-0.05, 0) is 0 Å². The van der Waals surface area contributed by atoms with E-state index in [9.17, 15) is 4.79 Å². The van der Waals surface area contributed by atoms with Crippen LogP contribution in [0.5, 0.6) is 0 Å². The maximum absolute atomic E-state index is 15.5. The summed E-state index contributed by atoms with van der Waals surface area (Å²) in [6.45, 7) is 13.4. The SMILES string of the molecule is C/C=C(C)/C=C(\C)[C@@H]1C(C)=C[C@]2(C)C[C@H](C)CC[C@H]2[C@@H]1C(=O)C1([Se]c2ccccc2)C[C@H](Cc2ccccc2)NC1=O. The molecular weight excluding hydrogens is 581 g/mol. The Bertz CT molecular complexity index is 1390. The fourth-order valence-electron chi connectivity index (χ4n) is 8.31. The summed E-state index contributed by atoms with van der Waals surface area (Å²) < 4.78 is 0.0966. The predicted molar refractivity (Wildman–Crippen MR) is 175 cm³/mol. The fraction of sp³-hybridized carbons (Fsp3) is 0.474. The standard InChI is InChI=1S/C38H47NO2Se/c1-7-25(2)20-27(4)33-28(5)23-37(6)22-26(3)18-19-32(37)34(33)35(40)38(42-31-16-12-9-13-17-31)24-30(39-36(38)41)21-29-14-10-8-11-15-29/h7-17,20,23,26,30,32-34H,18-19,21-22,24H2,1-6H3,(H,39,41)/b25-7+,27-20+/t26-,30+,32+,33-,34+,37+,38?/m1/s1. The van der Waals surface area contributed by atoms with E-state index in [0.717, 1.165) is 30.1 Å². The number of benzene rings is 2. The van der Waals surface area contributed by atoms with Gasteiger partial charge in [-0.1, -0.05) is 0 Å². The number of rotatable bonds is 8. The number of fused-ring (bicyclic) bond motifs is 1. The molecule has 1 saturated heterocycles. The fourth-order valence-corrected chi connectivity index (χ4v) is 11.2. The Kier molecular flexibility index (Phi) is 9.16.